The van der Waals surface area contributed by atoms with Crippen molar-refractivity contribution < 1.29 is 46.7 Å². The first kappa shape index (κ1) is 45.0. The Morgan fingerprint density at radius 1 is 0.980 bits per heavy atom. The number of hydrogen-bond donors (Lipinski definition) is 5. The van der Waals surface area contributed by atoms with E-state index in [1.807, 2.05) is 77.1 Å². The number of halogens is 3. The molecule has 2 aliphatic carbocycles. The van der Waals surface area contributed by atoms with Crippen LogP contribution in [0, 0.1) is 17.3 Å². The second kappa shape index (κ2) is 22.0. The number of amides is 4. The largest absolute Gasteiger partial charge is 0.460 e. The van der Waals surface area contributed by atoms with E-state index in [9.17, 15) is 41.9 Å². The molecule has 1 heterocycles. The maximum absolute atomic E-state index is 12.1. The highest BCUT2D eigenvalue weighted by atomic mass is 19.4. The lowest BCUT2D eigenvalue weighted by atomic mass is 9.88. The monoisotopic (exact) mass is 728 g/mol. The summed E-state index contributed by atoms with van der Waals surface area (Å²) in [6.07, 6.45) is 1.91. The van der Waals surface area contributed by atoms with Crippen LogP contribution in [0.3, 0.4) is 0 Å². The number of aldehydes is 1. The number of ether oxygens (including phenoxy) is 1. The number of carbonyl (C=O) groups excluding carboxylic acids is 6. The number of nitrogens with two attached hydrogens (primary N) is 1. The number of esters is 1. The fourth-order valence-corrected chi connectivity index (χ4v) is 4.60. The van der Waals surface area contributed by atoms with Gasteiger partial charge in [-0.3, -0.25) is 24.1 Å². The molecule has 4 amide bonds. The quantitative estimate of drug-likeness (QED) is 0.123. The first-order chi connectivity index (χ1) is 23.8. The van der Waals surface area contributed by atoms with E-state index in [0.717, 1.165) is 37.8 Å². The smallest absolute Gasteiger partial charge is 0.391 e. The lowest BCUT2D eigenvalue weighted by molar-refractivity contribution is -0.147. The van der Waals surface area contributed by atoms with Gasteiger partial charge in [0.25, 0.3) is 5.91 Å². The number of alkyl halides is 3. The summed E-state index contributed by atoms with van der Waals surface area (Å²) in [4.78, 5) is 71.0. The van der Waals surface area contributed by atoms with Crippen molar-refractivity contribution in [3.63, 3.8) is 0 Å². The number of hydrogen-bond acceptors (Lipinski definition) is 9. The molecule has 1 aromatic rings. The van der Waals surface area contributed by atoms with Gasteiger partial charge >= 0.3 is 18.2 Å². The molecule has 6 N–H and O–H groups in total. The summed E-state index contributed by atoms with van der Waals surface area (Å²) >= 11 is 0. The van der Waals surface area contributed by atoms with Gasteiger partial charge in [0, 0.05) is 0 Å². The molecule has 51 heavy (non-hydrogen) atoms. The van der Waals surface area contributed by atoms with Crippen molar-refractivity contribution in [1.29, 1.82) is 0 Å². The van der Waals surface area contributed by atoms with Gasteiger partial charge in [0.05, 0.1) is 24.0 Å². The Morgan fingerprint density at radius 2 is 1.57 bits per heavy atom. The fourth-order valence-electron chi connectivity index (χ4n) is 4.60. The minimum absolute atomic E-state index is 0.155. The molecule has 3 unspecified atom stereocenters. The molecular formula is C35H55F3N6O7. The highest BCUT2D eigenvalue weighted by Crippen LogP contribution is 2.43. The third-order valence-corrected chi connectivity index (χ3v) is 8.00. The van der Waals surface area contributed by atoms with Crippen LogP contribution in [0.5, 0.6) is 0 Å². The molecule has 13 nitrogen and oxygen atoms in total. The highest BCUT2D eigenvalue weighted by molar-refractivity contribution is 6.37. The molecule has 0 bridgehead atoms. The van der Waals surface area contributed by atoms with E-state index in [0.29, 0.717) is 31.5 Å². The molecule has 0 radical (unpaired) electrons. The number of Topliss-reactive ketones (excluding diaryl/α,β-unsaturated/α-hetero) is 1. The zero-order valence-corrected chi connectivity index (χ0v) is 30.4. The van der Waals surface area contributed by atoms with Crippen molar-refractivity contribution in [2.75, 3.05) is 34.2 Å². The summed E-state index contributed by atoms with van der Waals surface area (Å²) in [5, 5.41) is 10.3. The Bertz CT molecular complexity index is 1270. The molecule has 3 atom stereocenters. The third kappa shape index (κ3) is 19.2. The average Bonchev–Trinajstić information content (AvgIpc) is 4.00. The minimum atomic E-state index is -3.89. The third-order valence-electron chi connectivity index (χ3n) is 8.00. The Labute approximate surface area is 298 Å². The summed E-state index contributed by atoms with van der Waals surface area (Å²) in [7, 11) is 5.64. The molecule has 288 valence electrons. The van der Waals surface area contributed by atoms with Crippen LogP contribution in [-0.2, 0) is 35.3 Å². The summed E-state index contributed by atoms with van der Waals surface area (Å²) in [5.41, 5.74) is 5.51. The molecule has 1 aliphatic heterocycles. The molecule has 3 aliphatic rings. The van der Waals surface area contributed by atoms with E-state index in [-0.39, 0.29) is 25.1 Å². The van der Waals surface area contributed by atoms with Crippen LogP contribution in [0.1, 0.15) is 71.3 Å². The van der Waals surface area contributed by atoms with E-state index in [1.165, 1.54) is 0 Å². The maximum atomic E-state index is 12.1. The summed E-state index contributed by atoms with van der Waals surface area (Å²) < 4.78 is 38.7. The molecular weight excluding hydrogens is 673 g/mol. The Kier molecular flexibility index (Phi) is 19.4. The van der Waals surface area contributed by atoms with Crippen LogP contribution in [-0.4, -0.2) is 99.3 Å². The highest BCUT2D eigenvalue weighted by Gasteiger charge is 2.47. The van der Waals surface area contributed by atoms with Crippen LogP contribution in [0.25, 0.3) is 0 Å². The molecule has 1 saturated heterocycles. The Morgan fingerprint density at radius 3 is 1.98 bits per heavy atom. The summed E-state index contributed by atoms with van der Waals surface area (Å²) in [6.45, 7) is 6.28. The number of carbonyl (C=O) groups is 6. The zero-order valence-electron chi connectivity index (χ0n) is 30.4. The topological polar surface area (TPSA) is 189 Å². The van der Waals surface area contributed by atoms with E-state index in [1.54, 1.807) is 0 Å². The molecule has 2 saturated carbocycles. The average molecular weight is 729 g/mol. The minimum Gasteiger partial charge on any atom is -0.460 e. The normalized spacial score (nSPS) is 18.0. The Hall–Kier alpha value is -4.05. The van der Waals surface area contributed by atoms with Crippen molar-refractivity contribution in [3.05, 3.63) is 35.9 Å². The van der Waals surface area contributed by atoms with Gasteiger partial charge in [0.1, 0.15) is 19.4 Å². The van der Waals surface area contributed by atoms with E-state index >= 15 is 0 Å². The van der Waals surface area contributed by atoms with Crippen molar-refractivity contribution in [3.8, 4) is 0 Å². The maximum Gasteiger partial charge on any atom is 0.391 e. The molecule has 0 spiro atoms. The van der Waals surface area contributed by atoms with Gasteiger partial charge in [0.15, 0.2) is 0 Å². The Balaban J connectivity index is 0.000000404. The number of urea groups is 1. The number of ketones is 1. The predicted octanol–water partition coefficient (Wildman–Crippen LogP) is 2.86. The number of benzene rings is 1. The number of likely N-dealkylation sites (N-methyl/N-ethyl adjacent to an activating group) is 1. The number of primary amides is 1. The molecule has 1 aromatic carbocycles. The predicted molar refractivity (Wildman–Crippen MR) is 185 cm³/mol. The standard InChI is InChI=1S/C16H22N2O4.C13H21N3O3.C4H5F3.C2H7N/c1-16(2,3)13(10-19)18-15(21)17-9-14(20)22-11-12-7-5-4-6-8-12;1-16-6-2-3-10(16)13(19)15-9(7-8-4-5-8)11(17)12(14)18;5-4(6,7)3-1-2-3;1-3-2/h4-8,10,13H,9,11H2,1-3H3,(H2,17,18,21);8-10H,2-7H2,1H3,(H2,14,18)(H,15,19);3H,1-2H2;3H,1-2H3. The molecule has 4 rings (SSSR count). The van der Waals surface area contributed by atoms with Gasteiger partial charge < -0.3 is 36.5 Å². The second-order valence-electron chi connectivity index (χ2n) is 13.9. The molecule has 3 fully saturated rings. The number of rotatable bonds is 12. The van der Waals surface area contributed by atoms with Crippen molar-refractivity contribution in [1.82, 2.24) is 26.2 Å². The summed E-state index contributed by atoms with van der Waals surface area (Å²) in [6, 6.07) is 7.10. The summed E-state index contributed by atoms with van der Waals surface area (Å²) in [5.74, 6) is -2.87. The van der Waals surface area contributed by atoms with Gasteiger partial charge in [-0.1, -0.05) is 63.9 Å². The van der Waals surface area contributed by atoms with Gasteiger partial charge in [-0.2, -0.15) is 13.2 Å². The first-order valence-corrected chi connectivity index (χ1v) is 17.0. The lowest BCUT2D eigenvalue weighted by Gasteiger charge is -2.26. The van der Waals surface area contributed by atoms with Crippen LogP contribution in [0.4, 0.5) is 18.0 Å². The van der Waals surface area contributed by atoms with E-state index in [2.05, 4.69) is 21.3 Å². The van der Waals surface area contributed by atoms with E-state index in [4.69, 9.17) is 10.5 Å². The van der Waals surface area contributed by atoms with Crippen LogP contribution >= 0.6 is 0 Å². The second-order valence-corrected chi connectivity index (χ2v) is 13.9. The van der Waals surface area contributed by atoms with Crippen molar-refractivity contribution in [2.45, 2.75) is 96.6 Å². The first-order valence-electron chi connectivity index (χ1n) is 17.0. The van der Waals surface area contributed by atoms with Crippen LogP contribution in [0.2, 0.25) is 0 Å². The van der Waals surface area contributed by atoms with E-state index < -0.39 is 53.3 Å². The van der Waals surface area contributed by atoms with Gasteiger partial charge in [-0.15, -0.1) is 0 Å². The van der Waals surface area contributed by atoms with Crippen molar-refractivity contribution >= 4 is 35.9 Å². The van der Waals surface area contributed by atoms with Gasteiger partial charge in [-0.25, -0.2) is 4.79 Å². The van der Waals surface area contributed by atoms with Crippen molar-refractivity contribution in [2.24, 2.45) is 23.0 Å². The number of likely N-dealkylation sites (tertiary alicyclic amines) is 1. The fraction of sp³-hybridized carbons (Fsp3) is 0.657. The number of nitrogens with zero attached hydrogens (tertiary/aromatic N) is 1. The lowest BCUT2D eigenvalue weighted by Crippen LogP contribution is -2.51. The van der Waals surface area contributed by atoms with Crippen LogP contribution < -0.4 is 27.0 Å². The number of nitrogens with one attached hydrogen (secondary N) is 4. The van der Waals surface area contributed by atoms with Crippen LogP contribution in [0.15, 0.2) is 30.3 Å². The molecule has 16 heteroatoms. The van der Waals surface area contributed by atoms with Gasteiger partial charge in [0.2, 0.25) is 11.7 Å². The van der Waals surface area contributed by atoms with Gasteiger partial charge in [-0.05, 0) is 76.7 Å². The zero-order chi connectivity index (χ0) is 38.8. The molecule has 0 aromatic heterocycles. The SMILES string of the molecule is CC(C)(C)C(C=O)NC(=O)NCC(=O)OCc1ccccc1.CN1CCCC1C(=O)NC(CC1CC1)C(=O)C(N)=O.CNC.FC(F)(F)C1CC1.